The van der Waals surface area contributed by atoms with E-state index in [1.165, 1.54) is 17.5 Å². The lowest BCUT2D eigenvalue weighted by Gasteiger charge is -2.35. The molecule has 1 aliphatic heterocycles. The minimum Gasteiger partial charge on any atom is -0.379 e. The number of piperidine rings is 1. The predicted molar refractivity (Wildman–Crippen MR) is 127 cm³/mol. The smallest absolute Gasteiger partial charge is 0.191 e. The minimum atomic E-state index is -2.97. The summed E-state index contributed by atoms with van der Waals surface area (Å²) in [4.78, 5) is 6.68. The maximum absolute atomic E-state index is 11.1. The van der Waals surface area contributed by atoms with E-state index in [4.69, 9.17) is 4.74 Å². The first-order valence-electron chi connectivity index (χ1n) is 9.41. The Morgan fingerprint density at radius 3 is 2.64 bits per heavy atom. The first kappa shape index (κ1) is 25.0. The molecule has 160 valence electrons. The van der Waals surface area contributed by atoms with Crippen LogP contribution >= 0.6 is 24.0 Å². The quantitative estimate of drug-likeness (QED) is 0.234. The highest BCUT2D eigenvalue weighted by molar-refractivity contribution is 14.0. The molecule has 0 spiro atoms. The van der Waals surface area contributed by atoms with Crippen molar-refractivity contribution in [3.8, 4) is 0 Å². The van der Waals surface area contributed by atoms with Gasteiger partial charge in [0, 0.05) is 44.7 Å². The zero-order valence-electron chi connectivity index (χ0n) is 17.0. The summed E-state index contributed by atoms with van der Waals surface area (Å²) in [5.74, 6) is 0.800. The summed E-state index contributed by atoms with van der Waals surface area (Å²) in [5, 5.41) is 6.70. The number of halogens is 1. The second kappa shape index (κ2) is 12.5. The summed E-state index contributed by atoms with van der Waals surface area (Å²) in [5.41, 5.74) is 2.53. The summed E-state index contributed by atoms with van der Waals surface area (Å²) < 4.78 is 27.5. The molecule has 1 saturated heterocycles. The van der Waals surface area contributed by atoms with E-state index in [2.05, 4.69) is 51.7 Å². The van der Waals surface area contributed by atoms with Crippen LogP contribution in [0.2, 0.25) is 0 Å². The average Bonchev–Trinajstić information content (AvgIpc) is 2.63. The summed E-state index contributed by atoms with van der Waals surface area (Å²) >= 11 is 0. The highest BCUT2D eigenvalue weighted by Crippen LogP contribution is 2.20. The van der Waals surface area contributed by atoms with E-state index in [-0.39, 0.29) is 36.3 Å². The zero-order valence-corrected chi connectivity index (χ0v) is 20.1. The molecule has 28 heavy (non-hydrogen) atoms. The van der Waals surface area contributed by atoms with Crippen LogP contribution in [0.15, 0.2) is 29.3 Å². The van der Waals surface area contributed by atoms with Gasteiger partial charge in [-0.2, -0.15) is 0 Å². The molecule has 1 unspecified atom stereocenters. The van der Waals surface area contributed by atoms with Gasteiger partial charge in [0.2, 0.25) is 0 Å². The van der Waals surface area contributed by atoms with Gasteiger partial charge in [0.05, 0.1) is 19.0 Å². The molecule has 1 aromatic carbocycles. The van der Waals surface area contributed by atoms with Crippen molar-refractivity contribution in [3.63, 3.8) is 0 Å². The Morgan fingerprint density at radius 1 is 1.29 bits per heavy atom. The molecular formula is C19H33IN4O3S. The van der Waals surface area contributed by atoms with Crippen LogP contribution in [0.3, 0.4) is 0 Å². The zero-order chi connectivity index (χ0) is 19.7. The van der Waals surface area contributed by atoms with Gasteiger partial charge in [0.15, 0.2) is 5.96 Å². The number of nitrogens with zero attached hydrogens (tertiary/aromatic N) is 2. The molecule has 0 aromatic heterocycles. The standard InChI is InChI=1S/C19H32N4O3S.HI/c1-16-6-8-18(9-7-16)23-11-4-5-17(15-23)22-19(20-2)21-10-12-26-13-14-27(3,24)25;/h6-9,17H,4-5,10-15H2,1-3H3,(H2,20,21,22);1H. The monoisotopic (exact) mass is 524 g/mol. The molecule has 0 saturated carbocycles. The van der Waals surface area contributed by atoms with Gasteiger partial charge in [-0.25, -0.2) is 8.42 Å². The normalized spacial score (nSPS) is 17.8. The van der Waals surface area contributed by atoms with E-state index >= 15 is 0 Å². The van der Waals surface area contributed by atoms with Gasteiger partial charge < -0.3 is 20.3 Å². The number of benzene rings is 1. The fraction of sp³-hybridized carbons (Fsp3) is 0.632. The van der Waals surface area contributed by atoms with Crippen molar-refractivity contribution < 1.29 is 13.2 Å². The highest BCUT2D eigenvalue weighted by Gasteiger charge is 2.20. The number of aliphatic imine (C=N–C) groups is 1. The fourth-order valence-electron chi connectivity index (χ4n) is 3.03. The van der Waals surface area contributed by atoms with Crippen LogP contribution in [0, 0.1) is 6.92 Å². The van der Waals surface area contributed by atoms with Crippen LogP contribution in [0.5, 0.6) is 0 Å². The van der Waals surface area contributed by atoms with Crippen molar-refractivity contribution in [2.75, 3.05) is 56.8 Å². The van der Waals surface area contributed by atoms with Crippen LogP contribution in [0.4, 0.5) is 5.69 Å². The van der Waals surface area contributed by atoms with Gasteiger partial charge in [-0.15, -0.1) is 24.0 Å². The molecule has 9 heteroatoms. The maximum Gasteiger partial charge on any atom is 0.191 e. The first-order chi connectivity index (χ1) is 12.9. The molecule has 0 aliphatic carbocycles. The summed E-state index contributed by atoms with van der Waals surface area (Å²) in [6.07, 6.45) is 3.45. The average molecular weight is 524 g/mol. The van der Waals surface area contributed by atoms with Crippen LogP contribution in [-0.4, -0.2) is 72.3 Å². The van der Waals surface area contributed by atoms with E-state index < -0.39 is 9.84 Å². The van der Waals surface area contributed by atoms with E-state index in [0.717, 1.165) is 31.9 Å². The van der Waals surface area contributed by atoms with Crippen molar-refractivity contribution >= 4 is 45.5 Å². The van der Waals surface area contributed by atoms with E-state index in [1.807, 2.05) is 0 Å². The number of sulfone groups is 1. The van der Waals surface area contributed by atoms with E-state index in [0.29, 0.717) is 19.2 Å². The summed E-state index contributed by atoms with van der Waals surface area (Å²) in [7, 11) is -1.22. The third kappa shape index (κ3) is 9.42. The second-order valence-corrected chi connectivity index (χ2v) is 9.27. The van der Waals surface area contributed by atoms with Crippen molar-refractivity contribution in [2.45, 2.75) is 25.8 Å². The number of hydrogen-bond acceptors (Lipinski definition) is 5. The lowest BCUT2D eigenvalue weighted by molar-refractivity contribution is 0.154. The Kier molecular flexibility index (Phi) is 11.1. The Morgan fingerprint density at radius 2 is 2.00 bits per heavy atom. The second-order valence-electron chi connectivity index (χ2n) is 7.01. The SMILES string of the molecule is CN=C(NCCOCCS(C)(=O)=O)NC1CCCN(c2ccc(C)cc2)C1.I. The molecule has 2 rings (SSSR count). The molecule has 1 aliphatic rings. The molecule has 1 aromatic rings. The molecule has 0 radical (unpaired) electrons. The number of hydrogen-bond donors (Lipinski definition) is 2. The van der Waals surface area contributed by atoms with Gasteiger partial charge in [0.25, 0.3) is 0 Å². The number of rotatable bonds is 8. The Hall–Kier alpha value is -1.07. The van der Waals surface area contributed by atoms with Crippen LogP contribution in [0.1, 0.15) is 18.4 Å². The molecule has 1 atom stereocenters. The molecule has 1 fully saturated rings. The predicted octanol–water partition coefficient (Wildman–Crippen LogP) is 1.81. The van der Waals surface area contributed by atoms with Gasteiger partial charge in [0.1, 0.15) is 9.84 Å². The number of nitrogens with one attached hydrogen (secondary N) is 2. The fourth-order valence-corrected chi connectivity index (χ4v) is 3.45. The Labute approximate surface area is 186 Å². The van der Waals surface area contributed by atoms with E-state index in [1.54, 1.807) is 7.05 Å². The topological polar surface area (TPSA) is 83.0 Å². The minimum absolute atomic E-state index is 0. The lowest BCUT2D eigenvalue weighted by atomic mass is 10.0. The molecular weight excluding hydrogens is 491 g/mol. The number of guanidine groups is 1. The largest absolute Gasteiger partial charge is 0.379 e. The summed E-state index contributed by atoms with van der Waals surface area (Å²) in [6, 6.07) is 8.99. The molecule has 0 bridgehead atoms. The van der Waals surface area contributed by atoms with Gasteiger partial charge in [-0.05, 0) is 31.9 Å². The first-order valence-corrected chi connectivity index (χ1v) is 11.5. The third-order valence-electron chi connectivity index (χ3n) is 4.52. The summed E-state index contributed by atoms with van der Waals surface area (Å²) in [6.45, 7) is 5.36. The number of ether oxygens (including phenoxy) is 1. The number of anilines is 1. The third-order valence-corrected chi connectivity index (χ3v) is 5.43. The van der Waals surface area contributed by atoms with Crippen LogP contribution in [-0.2, 0) is 14.6 Å². The van der Waals surface area contributed by atoms with Crippen molar-refractivity contribution in [2.24, 2.45) is 4.99 Å². The van der Waals surface area contributed by atoms with Crippen molar-refractivity contribution in [3.05, 3.63) is 29.8 Å². The van der Waals surface area contributed by atoms with E-state index in [9.17, 15) is 8.42 Å². The lowest BCUT2D eigenvalue weighted by Crippen LogP contribution is -2.51. The van der Waals surface area contributed by atoms with Crippen molar-refractivity contribution in [1.82, 2.24) is 10.6 Å². The van der Waals surface area contributed by atoms with Gasteiger partial charge in [-0.1, -0.05) is 17.7 Å². The Bertz CT molecular complexity index is 710. The maximum atomic E-state index is 11.1. The molecule has 7 nitrogen and oxygen atoms in total. The van der Waals surface area contributed by atoms with Gasteiger partial charge in [-0.3, -0.25) is 4.99 Å². The Balaban J connectivity index is 0.00000392. The molecule has 2 N–H and O–H groups in total. The highest BCUT2D eigenvalue weighted by atomic mass is 127. The molecule has 1 heterocycles. The molecule has 0 amide bonds. The van der Waals surface area contributed by atoms with Gasteiger partial charge >= 0.3 is 0 Å². The number of aryl methyl sites for hydroxylation is 1. The van der Waals surface area contributed by atoms with Crippen molar-refractivity contribution in [1.29, 1.82) is 0 Å². The van der Waals surface area contributed by atoms with Crippen LogP contribution in [0.25, 0.3) is 0 Å². The van der Waals surface area contributed by atoms with Crippen LogP contribution < -0.4 is 15.5 Å².